The zero-order valence-corrected chi connectivity index (χ0v) is 10.4. The number of hydrogen-bond acceptors (Lipinski definition) is 1. The molecule has 0 saturated heterocycles. The lowest BCUT2D eigenvalue weighted by atomic mass is 10.2. The third-order valence-corrected chi connectivity index (χ3v) is 4.68. The maximum absolute atomic E-state index is 4.33. The van der Waals surface area contributed by atoms with Crippen molar-refractivity contribution in [3.63, 3.8) is 0 Å². The number of para-hydroxylation sites is 1. The van der Waals surface area contributed by atoms with Crippen molar-refractivity contribution in [3.8, 4) is 0 Å². The second-order valence-electron chi connectivity index (χ2n) is 2.44. The molecule has 1 aromatic heterocycles. The van der Waals surface area contributed by atoms with Crippen LogP contribution in [-0.2, 0) is 0 Å². The fourth-order valence-corrected chi connectivity index (χ4v) is 2.11. The van der Waals surface area contributed by atoms with E-state index in [0.29, 0.717) is 0 Å². The van der Waals surface area contributed by atoms with E-state index in [2.05, 4.69) is 56.2 Å². The third kappa shape index (κ3) is 1.44. The predicted molar refractivity (Wildman–Crippen MR) is 67.2 cm³/mol. The number of rotatable bonds is 0. The first-order valence-corrected chi connectivity index (χ1v) is 5.63. The van der Waals surface area contributed by atoms with Crippen molar-refractivity contribution in [2.75, 3.05) is 0 Å². The Balaban J connectivity index is 2.91. The minimum atomic E-state index is 1.07. The van der Waals surface area contributed by atoms with E-state index in [9.17, 15) is 0 Å². The average Bonchev–Trinajstić information content (AvgIpc) is 2.12. The molecule has 0 aliphatic rings. The van der Waals surface area contributed by atoms with E-state index in [-0.39, 0.29) is 0 Å². The van der Waals surface area contributed by atoms with Crippen LogP contribution in [0.3, 0.4) is 0 Å². The maximum atomic E-state index is 4.33. The number of halogens is 2. The van der Waals surface area contributed by atoms with Crippen molar-refractivity contribution >= 4 is 56.1 Å². The molecule has 12 heavy (non-hydrogen) atoms. The van der Waals surface area contributed by atoms with Gasteiger partial charge in [0.25, 0.3) is 0 Å². The van der Waals surface area contributed by atoms with E-state index in [1.54, 1.807) is 0 Å². The van der Waals surface area contributed by atoms with Gasteiger partial charge < -0.3 is 0 Å². The summed E-state index contributed by atoms with van der Waals surface area (Å²) in [6.07, 6.45) is 1.91. The van der Waals surface area contributed by atoms with Crippen molar-refractivity contribution in [2.45, 2.75) is 0 Å². The lowest BCUT2D eigenvalue weighted by Crippen LogP contribution is -1.85. The molecule has 0 bridgehead atoms. The number of nitrogens with zero attached hydrogens (tertiary/aromatic N) is 1. The predicted octanol–water partition coefficient (Wildman–Crippen LogP) is 3.44. The van der Waals surface area contributed by atoms with E-state index >= 15 is 0 Å². The smallest absolute Gasteiger partial charge is 0.0713 e. The van der Waals surface area contributed by atoms with Gasteiger partial charge in [0.05, 0.1) is 5.52 Å². The van der Waals surface area contributed by atoms with Crippen molar-refractivity contribution in [3.05, 3.63) is 37.6 Å². The number of hydrogen-bond donors (Lipinski definition) is 0. The highest BCUT2D eigenvalue weighted by atomic mass is 127. The topological polar surface area (TPSA) is 12.9 Å². The van der Waals surface area contributed by atoms with Crippen LogP contribution in [0.25, 0.3) is 10.9 Å². The highest BCUT2D eigenvalue weighted by Crippen LogP contribution is 2.22. The zero-order valence-electron chi connectivity index (χ0n) is 6.09. The molecular formula is C9H5I2N. The van der Waals surface area contributed by atoms with Gasteiger partial charge in [-0.05, 0) is 51.2 Å². The summed E-state index contributed by atoms with van der Waals surface area (Å²) < 4.78 is 2.51. The van der Waals surface area contributed by atoms with Crippen molar-refractivity contribution in [2.24, 2.45) is 0 Å². The Hall–Kier alpha value is 0.0900. The zero-order chi connectivity index (χ0) is 8.55. The summed E-state index contributed by atoms with van der Waals surface area (Å²) in [4.78, 5) is 4.33. The molecule has 0 aliphatic carbocycles. The largest absolute Gasteiger partial charge is 0.255 e. The monoisotopic (exact) mass is 381 g/mol. The van der Waals surface area contributed by atoms with Crippen LogP contribution in [0.4, 0.5) is 0 Å². The standard InChI is InChI=1S/C9H5I2N/c10-7-5-12-8-4-2-1-3-6(8)9(7)11/h1-5H. The molecule has 0 aliphatic heterocycles. The molecule has 1 aromatic carbocycles. The lowest BCUT2D eigenvalue weighted by Gasteiger charge is -2.00. The first kappa shape index (κ1) is 8.68. The van der Waals surface area contributed by atoms with Crippen LogP contribution >= 0.6 is 45.2 Å². The fraction of sp³-hybridized carbons (Fsp3) is 0. The van der Waals surface area contributed by atoms with Crippen LogP contribution in [0.5, 0.6) is 0 Å². The summed E-state index contributed by atoms with van der Waals surface area (Å²) in [5, 5.41) is 1.24. The Morgan fingerprint density at radius 2 is 1.83 bits per heavy atom. The van der Waals surface area contributed by atoms with E-state index in [4.69, 9.17) is 0 Å². The molecule has 2 rings (SSSR count). The molecule has 0 saturated carbocycles. The van der Waals surface area contributed by atoms with Crippen molar-refractivity contribution in [1.82, 2.24) is 4.98 Å². The van der Waals surface area contributed by atoms with Gasteiger partial charge in [0, 0.05) is 18.7 Å². The van der Waals surface area contributed by atoms with Crippen LogP contribution in [0, 0.1) is 7.14 Å². The number of pyridine rings is 1. The summed E-state index contributed by atoms with van der Waals surface area (Å²) in [6, 6.07) is 8.19. The van der Waals surface area contributed by atoms with E-state index in [1.807, 2.05) is 24.4 Å². The normalized spacial score (nSPS) is 10.5. The molecular weight excluding hydrogens is 376 g/mol. The van der Waals surface area contributed by atoms with E-state index in [1.165, 1.54) is 12.5 Å². The third-order valence-electron chi connectivity index (χ3n) is 1.67. The van der Waals surface area contributed by atoms with Gasteiger partial charge in [0.15, 0.2) is 0 Å². The first-order chi connectivity index (χ1) is 5.79. The Kier molecular flexibility index (Phi) is 2.49. The highest BCUT2D eigenvalue weighted by Gasteiger charge is 2.01. The number of benzene rings is 1. The Bertz CT molecular complexity index is 426. The van der Waals surface area contributed by atoms with Crippen molar-refractivity contribution in [1.29, 1.82) is 0 Å². The molecule has 0 atom stereocenters. The van der Waals surface area contributed by atoms with Gasteiger partial charge in [-0.25, -0.2) is 0 Å². The molecule has 0 N–H and O–H groups in total. The van der Waals surface area contributed by atoms with E-state index < -0.39 is 0 Å². The molecule has 0 spiro atoms. The van der Waals surface area contributed by atoms with Crippen LogP contribution in [-0.4, -0.2) is 4.98 Å². The second-order valence-corrected chi connectivity index (χ2v) is 4.68. The molecule has 1 heterocycles. The molecule has 0 radical (unpaired) electrons. The average molecular weight is 381 g/mol. The van der Waals surface area contributed by atoms with Gasteiger partial charge in [-0.2, -0.15) is 0 Å². The molecule has 0 fully saturated rings. The maximum Gasteiger partial charge on any atom is 0.0713 e. The molecule has 3 heteroatoms. The fourth-order valence-electron chi connectivity index (χ4n) is 1.08. The summed E-state index contributed by atoms with van der Waals surface area (Å²) in [6.45, 7) is 0. The summed E-state index contributed by atoms with van der Waals surface area (Å²) >= 11 is 4.66. The van der Waals surface area contributed by atoms with E-state index in [0.717, 1.165) is 5.52 Å². The highest BCUT2D eigenvalue weighted by molar-refractivity contribution is 14.1. The SMILES string of the molecule is Ic1cnc2ccccc2c1I. The number of fused-ring (bicyclic) bond motifs is 1. The summed E-state index contributed by atoms with van der Waals surface area (Å²) in [5.41, 5.74) is 1.07. The molecule has 0 amide bonds. The van der Waals surface area contributed by atoms with Crippen molar-refractivity contribution < 1.29 is 0 Å². The molecule has 0 unspecified atom stereocenters. The van der Waals surface area contributed by atoms with Gasteiger partial charge in [0.2, 0.25) is 0 Å². The van der Waals surface area contributed by atoms with Gasteiger partial charge in [-0.3, -0.25) is 4.98 Å². The van der Waals surface area contributed by atoms with Gasteiger partial charge in [-0.15, -0.1) is 0 Å². The van der Waals surface area contributed by atoms with Crippen LogP contribution in [0.2, 0.25) is 0 Å². The molecule has 2 aromatic rings. The minimum Gasteiger partial charge on any atom is -0.255 e. The minimum absolute atomic E-state index is 1.07. The van der Waals surface area contributed by atoms with Crippen LogP contribution in [0.1, 0.15) is 0 Å². The summed E-state index contributed by atoms with van der Waals surface area (Å²) in [5.74, 6) is 0. The molecule has 1 nitrogen and oxygen atoms in total. The molecule has 60 valence electrons. The van der Waals surface area contributed by atoms with Gasteiger partial charge in [-0.1, -0.05) is 18.2 Å². The van der Waals surface area contributed by atoms with Gasteiger partial charge in [0.1, 0.15) is 0 Å². The quantitative estimate of drug-likeness (QED) is 0.638. The second kappa shape index (κ2) is 3.45. The van der Waals surface area contributed by atoms with Crippen LogP contribution in [0.15, 0.2) is 30.5 Å². The number of aromatic nitrogens is 1. The Morgan fingerprint density at radius 3 is 2.67 bits per heavy atom. The van der Waals surface area contributed by atoms with Gasteiger partial charge >= 0.3 is 0 Å². The first-order valence-electron chi connectivity index (χ1n) is 3.48. The summed E-state index contributed by atoms with van der Waals surface area (Å²) in [7, 11) is 0. The lowest BCUT2D eigenvalue weighted by molar-refractivity contribution is 1.37. The van der Waals surface area contributed by atoms with Crippen LogP contribution < -0.4 is 0 Å². The Labute approximate surface area is 97.9 Å². The Morgan fingerprint density at radius 1 is 1.08 bits per heavy atom.